The van der Waals surface area contributed by atoms with Crippen LogP contribution in [0.4, 0.5) is 0 Å². The Balaban J connectivity index is 1.58. The number of carbonyl (C=O) groups is 1. The van der Waals surface area contributed by atoms with E-state index in [1.165, 1.54) is 35.2 Å². The number of carbonyl (C=O) groups excluding carboxylic acids is 1. The average molecular weight is 370 g/mol. The third-order valence-corrected chi connectivity index (χ3v) is 5.98. The van der Waals surface area contributed by atoms with Crippen LogP contribution in [0.5, 0.6) is 0 Å². The second-order valence-electron chi connectivity index (χ2n) is 5.52. The number of para-hydroxylation sites is 1. The average Bonchev–Trinajstić information content (AvgIpc) is 3.40. The summed E-state index contributed by atoms with van der Waals surface area (Å²) in [4.78, 5) is 17.6. The molecule has 7 heteroatoms. The third kappa shape index (κ3) is 2.97. The van der Waals surface area contributed by atoms with Crippen LogP contribution in [-0.4, -0.2) is 22.5 Å². The Labute approximate surface area is 151 Å². The first-order valence-corrected chi connectivity index (χ1v) is 9.29. The maximum atomic E-state index is 12.5. The molecular formula is C18H14N2O3S2. The fraction of sp³-hybridized carbons (Fsp3) is 0.111. The molecule has 3 heterocycles. The van der Waals surface area contributed by atoms with Gasteiger partial charge in [0.1, 0.15) is 5.60 Å². The van der Waals surface area contributed by atoms with Crippen molar-refractivity contribution in [1.29, 1.82) is 0 Å². The molecule has 5 nitrogen and oxygen atoms in total. The summed E-state index contributed by atoms with van der Waals surface area (Å²) in [6.45, 7) is 0.0296. The number of nitrogens with zero attached hydrogens (tertiary/aromatic N) is 1. The van der Waals surface area contributed by atoms with Gasteiger partial charge in [-0.1, -0.05) is 18.2 Å². The van der Waals surface area contributed by atoms with Gasteiger partial charge in [-0.3, -0.25) is 4.79 Å². The van der Waals surface area contributed by atoms with Gasteiger partial charge in [0.25, 0.3) is 5.91 Å². The van der Waals surface area contributed by atoms with Gasteiger partial charge in [-0.25, -0.2) is 4.98 Å². The molecule has 0 bridgehead atoms. The molecule has 0 fully saturated rings. The highest BCUT2D eigenvalue weighted by atomic mass is 32.1. The van der Waals surface area contributed by atoms with Crippen LogP contribution in [0.15, 0.2) is 64.8 Å². The highest BCUT2D eigenvalue weighted by Crippen LogP contribution is 2.32. The van der Waals surface area contributed by atoms with Gasteiger partial charge in [0.05, 0.1) is 29.3 Å². The normalized spacial score (nSPS) is 13.6. The first-order valence-electron chi connectivity index (χ1n) is 7.59. The largest absolute Gasteiger partial charge is 0.472 e. The Morgan fingerprint density at radius 3 is 2.84 bits per heavy atom. The summed E-state index contributed by atoms with van der Waals surface area (Å²) in [6, 6.07) is 13.0. The lowest BCUT2D eigenvalue weighted by Crippen LogP contribution is -2.40. The van der Waals surface area contributed by atoms with Crippen molar-refractivity contribution in [2.24, 2.45) is 0 Å². The smallest absolute Gasteiger partial charge is 0.280 e. The number of thiophene rings is 1. The van der Waals surface area contributed by atoms with Crippen molar-refractivity contribution in [3.05, 3.63) is 75.8 Å². The van der Waals surface area contributed by atoms with E-state index >= 15 is 0 Å². The van der Waals surface area contributed by atoms with E-state index in [4.69, 9.17) is 4.42 Å². The van der Waals surface area contributed by atoms with Crippen molar-refractivity contribution in [3.63, 3.8) is 0 Å². The monoisotopic (exact) mass is 370 g/mol. The van der Waals surface area contributed by atoms with Gasteiger partial charge in [-0.05, 0) is 29.6 Å². The van der Waals surface area contributed by atoms with Crippen LogP contribution >= 0.6 is 22.7 Å². The molecule has 3 aromatic heterocycles. The molecule has 126 valence electrons. The van der Waals surface area contributed by atoms with Crippen molar-refractivity contribution in [3.8, 4) is 0 Å². The molecule has 0 radical (unpaired) electrons. The fourth-order valence-electron chi connectivity index (χ4n) is 2.60. The first-order chi connectivity index (χ1) is 12.2. The predicted octanol–water partition coefficient (Wildman–Crippen LogP) is 3.62. The Kier molecular flexibility index (Phi) is 4.12. The molecule has 2 N–H and O–H groups in total. The van der Waals surface area contributed by atoms with Crippen LogP contribution in [0, 0.1) is 0 Å². The quantitative estimate of drug-likeness (QED) is 0.563. The SMILES string of the molecule is O=C(NC[C@@](O)(c1ccoc1)c1cccs1)c1nc2ccccc2s1. The second kappa shape index (κ2) is 6.44. The highest BCUT2D eigenvalue weighted by molar-refractivity contribution is 7.20. The Bertz CT molecular complexity index is 923. The topological polar surface area (TPSA) is 75.4 Å². The second-order valence-corrected chi connectivity index (χ2v) is 7.50. The minimum Gasteiger partial charge on any atom is -0.472 e. The number of amides is 1. The van der Waals surface area contributed by atoms with Crippen LogP contribution in [0.25, 0.3) is 10.2 Å². The zero-order valence-corrected chi connectivity index (χ0v) is 14.6. The molecule has 0 unspecified atom stereocenters. The van der Waals surface area contributed by atoms with Crippen LogP contribution < -0.4 is 5.32 Å². The van der Waals surface area contributed by atoms with Crippen molar-refractivity contribution in [1.82, 2.24) is 10.3 Å². The molecule has 1 atom stereocenters. The number of hydrogen-bond donors (Lipinski definition) is 2. The number of fused-ring (bicyclic) bond motifs is 1. The molecule has 4 rings (SSSR count). The third-order valence-electron chi connectivity index (χ3n) is 3.92. The van der Waals surface area contributed by atoms with E-state index in [1.807, 2.05) is 41.8 Å². The Morgan fingerprint density at radius 2 is 2.12 bits per heavy atom. The molecule has 25 heavy (non-hydrogen) atoms. The first kappa shape index (κ1) is 16.0. The van der Waals surface area contributed by atoms with Gasteiger partial charge in [0.15, 0.2) is 5.01 Å². The fourth-order valence-corrected chi connectivity index (χ4v) is 4.33. The van der Waals surface area contributed by atoms with Crippen LogP contribution in [-0.2, 0) is 5.60 Å². The lowest BCUT2D eigenvalue weighted by atomic mass is 9.94. The lowest BCUT2D eigenvalue weighted by molar-refractivity contribution is 0.0714. The molecule has 0 spiro atoms. The number of furan rings is 1. The van der Waals surface area contributed by atoms with Gasteiger partial charge in [0.2, 0.25) is 0 Å². The maximum Gasteiger partial charge on any atom is 0.280 e. The van der Waals surface area contributed by atoms with E-state index in [0.717, 1.165) is 15.1 Å². The highest BCUT2D eigenvalue weighted by Gasteiger charge is 2.34. The summed E-state index contributed by atoms with van der Waals surface area (Å²) in [6.07, 6.45) is 2.99. The molecule has 4 aromatic rings. The number of aliphatic hydroxyl groups is 1. The van der Waals surface area contributed by atoms with Gasteiger partial charge in [-0.2, -0.15) is 0 Å². The Hall–Kier alpha value is -2.48. The van der Waals surface area contributed by atoms with Gasteiger partial charge in [-0.15, -0.1) is 22.7 Å². The van der Waals surface area contributed by atoms with E-state index in [2.05, 4.69) is 10.3 Å². The summed E-state index contributed by atoms with van der Waals surface area (Å²) in [5.41, 5.74) is 0.0496. The molecule has 0 aliphatic rings. The molecule has 1 aromatic carbocycles. The van der Waals surface area contributed by atoms with Crippen LogP contribution in [0.3, 0.4) is 0 Å². The summed E-state index contributed by atoms with van der Waals surface area (Å²) in [5.74, 6) is -0.306. The molecule has 1 amide bonds. The summed E-state index contributed by atoms with van der Waals surface area (Å²) >= 11 is 2.75. The summed E-state index contributed by atoms with van der Waals surface area (Å²) < 4.78 is 6.07. The van der Waals surface area contributed by atoms with Gasteiger partial charge in [0, 0.05) is 10.4 Å². The summed E-state index contributed by atoms with van der Waals surface area (Å²) in [7, 11) is 0. The number of hydrogen-bond acceptors (Lipinski definition) is 6. The maximum absolute atomic E-state index is 12.5. The van der Waals surface area contributed by atoms with E-state index in [0.29, 0.717) is 10.6 Å². The zero-order valence-electron chi connectivity index (χ0n) is 13.0. The standard InChI is InChI=1S/C18H14N2O3S2/c21-16(17-20-13-4-1-2-5-14(13)25-17)19-11-18(22,12-7-8-23-10-12)15-6-3-9-24-15/h1-10,22H,11H2,(H,19,21)/t18-/m1/s1. The van der Waals surface area contributed by atoms with Gasteiger partial charge < -0.3 is 14.8 Å². The van der Waals surface area contributed by atoms with Crippen molar-refractivity contribution >= 4 is 38.8 Å². The van der Waals surface area contributed by atoms with E-state index < -0.39 is 5.60 Å². The molecule has 0 saturated heterocycles. The Morgan fingerprint density at radius 1 is 1.24 bits per heavy atom. The molecule has 0 saturated carbocycles. The van der Waals surface area contributed by atoms with Crippen molar-refractivity contribution < 1.29 is 14.3 Å². The molecule has 0 aliphatic carbocycles. The predicted molar refractivity (Wildman–Crippen MR) is 98.0 cm³/mol. The number of aromatic nitrogens is 1. The van der Waals surface area contributed by atoms with E-state index in [9.17, 15) is 9.90 Å². The molecular weight excluding hydrogens is 356 g/mol. The minimum absolute atomic E-state index is 0.0296. The van der Waals surface area contributed by atoms with Crippen molar-refractivity contribution in [2.75, 3.05) is 6.54 Å². The van der Waals surface area contributed by atoms with E-state index in [-0.39, 0.29) is 12.5 Å². The van der Waals surface area contributed by atoms with Crippen molar-refractivity contribution in [2.45, 2.75) is 5.60 Å². The number of rotatable bonds is 5. The minimum atomic E-state index is -1.34. The summed E-state index contributed by atoms with van der Waals surface area (Å²) in [5, 5.41) is 16.2. The lowest BCUT2D eigenvalue weighted by Gasteiger charge is -2.26. The number of nitrogens with one attached hydrogen (secondary N) is 1. The van der Waals surface area contributed by atoms with Crippen LogP contribution in [0.2, 0.25) is 0 Å². The number of thiazole rings is 1. The number of benzene rings is 1. The van der Waals surface area contributed by atoms with E-state index in [1.54, 1.807) is 6.07 Å². The molecule has 0 aliphatic heterocycles. The van der Waals surface area contributed by atoms with Gasteiger partial charge >= 0.3 is 0 Å². The zero-order chi connectivity index (χ0) is 17.3. The van der Waals surface area contributed by atoms with Crippen LogP contribution in [0.1, 0.15) is 20.2 Å².